The highest BCUT2D eigenvalue weighted by atomic mass is 35.5. The van der Waals surface area contributed by atoms with Crippen LogP contribution in [0.2, 0.25) is 10.0 Å². The van der Waals surface area contributed by atoms with Gasteiger partial charge in [-0.05, 0) is 42.3 Å². The van der Waals surface area contributed by atoms with E-state index in [2.05, 4.69) is 15.4 Å². The van der Waals surface area contributed by atoms with E-state index in [0.29, 0.717) is 27.8 Å². The van der Waals surface area contributed by atoms with Crippen LogP contribution in [0, 0.1) is 5.92 Å². The van der Waals surface area contributed by atoms with Crippen LogP contribution >= 0.6 is 23.2 Å². The van der Waals surface area contributed by atoms with Crippen molar-refractivity contribution < 1.29 is 14.7 Å². The summed E-state index contributed by atoms with van der Waals surface area (Å²) >= 11 is 12.7. The van der Waals surface area contributed by atoms with Crippen LogP contribution in [-0.4, -0.2) is 38.2 Å². The zero-order chi connectivity index (χ0) is 24.9. The van der Waals surface area contributed by atoms with Crippen LogP contribution in [0.15, 0.2) is 72.9 Å². The van der Waals surface area contributed by atoms with Crippen molar-refractivity contribution in [3.8, 4) is 16.9 Å². The molecule has 1 atom stereocenters. The Morgan fingerprint density at radius 3 is 2.46 bits per heavy atom. The monoisotopic (exact) mass is 508 g/mol. The van der Waals surface area contributed by atoms with Gasteiger partial charge in [0.2, 0.25) is 0 Å². The molecule has 7 nitrogen and oxygen atoms in total. The summed E-state index contributed by atoms with van der Waals surface area (Å²) in [7, 11) is 0. The highest BCUT2D eigenvalue weighted by Gasteiger charge is 2.21. The van der Waals surface area contributed by atoms with Crippen molar-refractivity contribution in [1.82, 2.24) is 14.8 Å². The number of aliphatic hydroxyl groups excluding tert-OH is 1. The van der Waals surface area contributed by atoms with E-state index in [-0.39, 0.29) is 41.0 Å². The molecule has 1 amide bonds. The first-order valence-electron chi connectivity index (χ1n) is 10.9. The summed E-state index contributed by atoms with van der Waals surface area (Å²) in [6, 6.07) is 19.1. The Hall–Kier alpha value is -3.52. The molecule has 2 heterocycles. The molecule has 4 aromatic rings. The zero-order valence-corrected chi connectivity index (χ0v) is 20.3. The standard InChI is InChI=1S/C26H22Cl2N4O3/c1-16(15-33)11-24(34)23-14-25(32(31-23)17-7-3-2-4-8-17)30-26(35)19-12-18(20(27)13-21(19)28)22-9-5-6-10-29-22/h2-10,12-14,16,33H,11,15H2,1H3,(H,30,35)/t16-/m1/s1. The highest BCUT2D eigenvalue weighted by molar-refractivity contribution is 6.38. The van der Waals surface area contributed by atoms with E-state index in [1.807, 2.05) is 36.4 Å². The molecule has 4 rings (SSSR count). The number of nitrogens with one attached hydrogen (secondary N) is 1. The molecule has 0 aliphatic rings. The number of pyridine rings is 1. The first kappa shape index (κ1) is 24.6. The molecule has 0 radical (unpaired) electrons. The second kappa shape index (κ2) is 10.8. The minimum atomic E-state index is -0.497. The summed E-state index contributed by atoms with van der Waals surface area (Å²) in [6.45, 7) is 1.67. The van der Waals surface area contributed by atoms with E-state index in [9.17, 15) is 14.7 Å². The molecular weight excluding hydrogens is 487 g/mol. The van der Waals surface area contributed by atoms with E-state index in [4.69, 9.17) is 23.2 Å². The van der Waals surface area contributed by atoms with Gasteiger partial charge in [0.15, 0.2) is 5.78 Å². The summed E-state index contributed by atoms with van der Waals surface area (Å²) in [5, 5.41) is 17.1. The molecule has 0 saturated heterocycles. The molecule has 0 unspecified atom stereocenters. The van der Waals surface area contributed by atoms with Gasteiger partial charge in [0.1, 0.15) is 11.5 Å². The zero-order valence-electron chi connectivity index (χ0n) is 18.8. The van der Waals surface area contributed by atoms with E-state index in [1.54, 1.807) is 31.3 Å². The van der Waals surface area contributed by atoms with E-state index < -0.39 is 5.91 Å². The van der Waals surface area contributed by atoms with Crippen molar-refractivity contribution in [3.63, 3.8) is 0 Å². The Balaban J connectivity index is 1.70. The van der Waals surface area contributed by atoms with Gasteiger partial charge in [0, 0.05) is 30.9 Å². The summed E-state index contributed by atoms with van der Waals surface area (Å²) in [6.07, 6.45) is 1.76. The van der Waals surface area contributed by atoms with Gasteiger partial charge < -0.3 is 10.4 Å². The summed E-state index contributed by atoms with van der Waals surface area (Å²) in [4.78, 5) is 30.3. The lowest BCUT2D eigenvalue weighted by Crippen LogP contribution is -2.16. The molecule has 178 valence electrons. The third kappa shape index (κ3) is 5.59. The third-order valence-corrected chi connectivity index (χ3v) is 5.95. The second-order valence-corrected chi connectivity index (χ2v) is 8.87. The van der Waals surface area contributed by atoms with E-state index in [1.165, 1.54) is 16.8 Å². The van der Waals surface area contributed by atoms with Gasteiger partial charge in [-0.15, -0.1) is 0 Å². The van der Waals surface area contributed by atoms with E-state index >= 15 is 0 Å². The molecule has 0 bridgehead atoms. The van der Waals surface area contributed by atoms with Crippen LogP contribution < -0.4 is 5.32 Å². The first-order valence-corrected chi connectivity index (χ1v) is 11.6. The fourth-order valence-electron chi connectivity index (χ4n) is 3.48. The Morgan fingerprint density at radius 2 is 1.77 bits per heavy atom. The molecular formula is C26H22Cl2N4O3. The topological polar surface area (TPSA) is 97.1 Å². The molecule has 0 fully saturated rings. The molecule has 35 heavy (non-hydrogen) atoms. The van der Waals surface area contributed by atoms with Crippen LogP contribution in [0.1, 0.15) is 34.2 Å². The Labute approximate surface area is 212 Å². The number of amides is 1. The average molecular weight is 509 g/mol. The molecule has 0 saturated carbocycles. The molecule has 0 aliphatic carbocycles. The third-order valence-electron chi connectivity index (χ3n) is 5.33. The largest absolute Gasteiger partial charge is 0.396 e. The number of carbonyl (C=O) groups is 2. The number of halogens is 2. The minimum absolute atomic E-state index is 0.109. The number of aliphatic hydroxyl groups is 1. The molecule has 2 aromatic carbocycles. The number of Topliss-reactive ketones (excluding diaryl/α,β-unsaturated/α-hetero) is 1. The number of aromatic nitrogens is 3. The van der Waals surface area contributed by atoms with Crippen LogP contribution in [0.4, 0.5) is 5.82 Å². The molecule has 0 spiro atoms. The van der Waals surface area contributed by atoms with Crippen molar-refractivity contribution >= 4 is 40.7 Å². The Bertz CT molecular complexity index is 1360. The first-order chi connectivity index (χ1) is 16.9. The van der Waals surface area contributed by atoms with Crippen LogP contribution in [0.3, 0.4) is 0 Å². The lowest BCUT2D eigenvalue weighted by Gasteiger charge is -2.12. The molecule has 2 N–H and O–H groups in total. The van der Waals surface area contributed by atoms with Crippen molar-refractivity contribution in [1.29, 1.82) is 0 Å². The molecule has 9 heteroatoms. The number of carbonyl (C=O) groups excluding carboxylic acids is 2. The van der Waals surface area contributed by atoms with Crippen molar-refractivity contribution in [3.05, 3.63) is 94.2 Å². The number of hydrogen-bond donors (Lipinski definition) is 2. The number of rotatable bonds is 8. The van der Waals surface area contributed by atoms with Crippen molar-refractivity contribution in [2.75, 3.05) is 11.9 Å². The number of hydrogen-bond acceptors (Lipinski definition) is 5. The van der Waals surface area contributed by atoms with Gasteiger partial charge in [0.05, 0.1) is 27.0 Å². The van der Waals surface area contributed by atoms with Gasteiger partial charge in [0.25, 0.3) is 5.91 Å². The Morgan fingerprint density at radius 1 is 1.03 bits per heavy atom. The van der Waals surface area contributed by atoms with Gasteiger partial charge in [-0.3, -0.25) is 14.6 Å². The molecule has 2 aromatic heterocycles. The van der Waals surface area contributed by atoms with Gasteiger partial charge in [-0.25, -0.2) is 4.68 Å². The van der Waals surface area contributed by atoms with Gasteiger partial charge in [-0.2, -0.15) is 5.10 Å². The van der Waals surface area contributed by atoms with Crippen molar-refractivity contribution in [2.24, 2.45) is 5.92 Å². The minimum Gasteiger partial charge on any atom is -0.396 e. The van der Waals surface area contributed by atoms with E-state index in [0.717, 1.165) is 0 Å². The number of ketones is 1. The maximum atomic E-state index is 13.3. The van der Waals surface area contributed by atoms with Crippen LogP contribution in [0.25, 0.3) is 16.9 Å². The Kier molecular flexibility index (Phi) is 7.60. The number of benzene rings is 2. The number of para-hydroxylation sites is 1. The summed E-state index contributed by atoms with van der Waals surface area (Å²) in [5.41, 5.74) is 2.20. The second-order valence-electron chi connectivity index (χ2n) is 8.06. The maximum Gasteiger partial charge on any atom is 0.258 e. The van der Waals surface area contributed by atoms with Crippen LogP contribution in [0.5, 0.6) is 0 Å². The maximum absolute atomic E-state index is 13.3. The highest BCUT2D eigenvalue weighted by Crippen LogP contribution is 2.32. The number of anilines is 1. The van der Waals surface area contributed by atoms with Crippen molar-refractivity contribution in [2.45, 2.75) is 13.3 Å². The van der Waals surface area contributed by atoms with Gasteiger partial charge >= 0.3 is 0 Å². The predicted molar refractivity (Wildman–Crippen MR) is 136 cm³/mol. The quantitative estimate of drug-likeness (QED) is 0.297. The average Bonchev–Trinajstić information content (AvgIpc) is 3.29. The fourth-order valence-corrected chi connectivity index (χ4v) is 4.05. The van der Waals surface area contributed by atoms with Crippen LogP contribution in [-0.2, 0) is 0 Å². The predicted octanol–water partition coefficient (Wildman–Crippen LogP) is 5.69. The number of nitrogens with zero attached hydrogens (tertiary/aromatic N) is 3. The lowest BCUT2D eigenvalue weighted by atomic mass is 10.0. The summed E-state index contributed by atoms with van der Waals surface area (Å²) in [5.74, 6) is -0.644. The summed E-state index contributed by atoms with van der Waals surface area (Å²) < 4.78 is 1.48. The molecule has 0 aliphatic heterocycles. The SMILES string of the molecule is C[C@@H](CO)CC(=O)c1cc(NC(=O)c2cc(-c3ccccn3)c(Cl)cc2Cl)n(-c2ccccc2)n1. The lowest BCUT2D eigenvalue weighted by molar-refractivity contribution is 0.0937. The smallest absolute Gasteiger partial charge is 0.258 e. The fraction of sp³-hybridized carbons (Fsp3) is 0.154. The normalized spacial score (nSPS) is 11.8. The van der Waals surface area contributed by atoms with Gasteiger partial charge in [-0.1, -0.05) is 54.4 Å².